The number of fused-ring (bicyclic) bond motifs is 1. The number of benzene rings is 1. The maximum atomic E-state index is 14.6. The number of hydrogen-bond acceptors (Lipinski definition) is 3. The summed E-state index contributed by atoms with van der Waals surface area (Å²) in [4.78, 5) is 26.6. The van der Waals surface area contributed by atoms with Crippen LogP contribution in [0.3, 0.4) is 0 Å². The van der Waals surface area contributed by atoms with Crippen LogP contribution in [-0.2, 0) is 9.53 Å². The van der Waals surface area contributed by atoms with E-state index in [0.717, 1.165) is 36.8 Å². The van der Waals surface area contributed by atoms with Gasteiger partial charge in [0.25, 0.3) is 0 Å². The van der Waals surface area contributed by atoms with Crippen molar-refractivity contribution in [2.75, 3.05) is 0 Å². The van der Waals surface area contributed by atoms with Crippen LogP contribution in [0.25, 0.3) is 0 Å². The lowest BCUT2D eigenvalue weighted by atomic mass is 9.32. The average molecular weight is 569 g/mol. The first-order chi connectivity index (χ1) is 19.9. The lowest BCUT2D eigenvalue weighted by Gasteiger charge is -2.71. The van der Waals surface area contributed by atoms with Crippen LogP contribution in [0, 0.1) is 57.2 Å². The number of rotatable bonds is 7. The van der Waals surface area contributed by atoms with E-state index in [-0.39, 0.29) is 39.5 Å². The van der Waals surface area contributed by atoms with Gasteiger partial charge in [0.05, 0.1) is 0 Å². The summed E-state index contributed by atoms with van der Waals surface area (Å²) in [5.41, 5.74) is 1.57. The van der Waals surface area contributed by atoms with Crippen molar-refractivity contribution >= 4 is 11.8 Å². The fourth-order valence-electron chi connectivity index (χ4n) is 10.9. The van der Waals surface area contributed by atoms with Gasteiger partial charge in [-0.1, -0.05) is 102 Å². The highest BCUT2D eigenvalue weighted by molar-refractivity contribution is 6.10. The summed E-state index contributed by atoms with van der Waals surface area (Å²) in [5.74, 6) is 3.25. The molecule has 42 heavy (non-hydrogen) atoms. The van der Waals surface area contributed by atoms with Gasteiger partial charge in [0.2, 0.25) is 0 Å². The molecule has 0 saturated heterocycles. The Morgan fingerprint density at radius 2 is 1.64 bits per heavy atom. The third-order valence-electron chi connectivity index (χ3n) is 13.5. The zero-order valence-electron chi connectivity index (χ0n) is 27.0. The molecule has 0 aliphatic heterocycles. The lowest BCUT2D eigenvalue weighted by molar-refractivity contribution is -0.167. The Morgan fingerprint density at radius 3 is 2.33 bits per heavy atom. The molecule has 1 aromatic rings. The Hall–Kier alpha value is -2.42. The van der Waals surface area contributed by atoms with E-state index in [4.69, 9.17) is 4.74 Å². The number of esters is 1. The molecule has 6 aliphatic carbocycles. The normalized spacial score (nSPS) is 41.6. The molecule has 226 valence electrons. The number of ether oxygens (including phenoxy) is 1. The van der Waals surface area contributed by atoms with Crippen molar-refractivity contribution in [3.8, 4) is 0 Å². The summed E-state index contributed by atoms with van der Waals surface area (Å²) in [6.45, 7) is 16.0. The van der Waals surface area contributed by atoms with E-state index >= 15 is 0 Å². The highest BCUT2D eigenvalue weighted by Crippen LogP contribution is 2.78. The molecule has 3 fully saturated rings. The van der Waals surface area contributed by atoms with Crippen LogP contribution >= 0.6 is 0 Å². The standard InChI is InChI=1S/C39H52O3/c1-25(2)26(3)13-14-27(4)31-15-16-33-36(31,6)19-18-34-37(7)20-17-30(42-28(5)40)23-38(37)21-22-39(33,34)32(24-38)35(41)29-11-9-8-10-12-29/h8-14,21-22,24-27,30-31,33-34H,15-20,23H2,1-7H3/t26-,27+,30-,31+,33+,34+,36+,37+,38+,39-/m0/s1. The highest BCUT2D eigenvalue weighted by atomic mass is 16.5. The molecule has 7 rings (SSSR count). The first kappa shape index (κ1) is 29.6. The maximum Gasteiger partial charge on any atom is 0.302 e. The summed E-state index contributed by atoms with van der Waals surface area (Å²) in [6, 6.07) is 9.95. The fourth-order valence-corrected chi connectivity index (χ4v) is 10.9. The van der Waals surface area contributed by atoms with E-state index in [1.165, 1.54) is 26.2 Å². The zero-order valence-corrected chi connectivity index (χ0v) is 27.0. The molecule has 2 spiro atoms. The first-order valence-corrected chi connectivity index (χ1v) is 16.8. The lowest BCUT2D eigenvalue weighted by Crippen LogP contribution is -2.65. The second kappa shape index (κ2) is 10.3. The van der Waals surface area contributed by atoms with Crippen LogP contribution in [0.15, 0.2) is 66.3 Å². The molecule has 2 bridgehead atoms. The van der Waals surface area contributed by atoms with Gasteiger partial charge in [0.15, 0.2) is 5.78 Å². The molecule has 1 aromatic carbocycles. The van der Waals surface area contributed by atoms with Crippen molar-refractivity contribution in [1.29, 1.82) is 0 Å². The van der Waals surface area contributed by atoms with Gasteiger partial charge >= 0.3 is 5.97 Å². The predicted molar refractivity (Wildman–Crippen MR) is 170 cm³/mol. The van der Waals surface area contributed by atoms with Crippen molar-refractivity contribution in [3.05, 3.63) is 71.8 Å². The molecular weight excluding hydrogens is 516 g/mol. The van der Waals surface area contributed by atoms with E-state index in [0.29, 0.717) is 35.5 Å². The second-order valence-electron chi connectivity index (χ2n) is 15.6. The van der Waals surface area contributed by atoms with Crippen molar-refractivity contribution in [2.45, 2.75) is 99.5 Å². The molecule has 0 N–H and O–H groups in total. The Bertz CT molecular complexity index is 1320. The molecule has 0 aromatic heterocycles. The quantitative estimate of drug-likeness (QED) is 0.187. The summed E-state index contributed by atoms with van der Waals surface area (Å²) in [5, 5.41) is 0. The zero-order chi connectivity index (χ0) is 30.1. The van der Waals surface area contributed by atoms with Crippen LogP contribution in [0.4, 0.5) is 0 Å². The summed E-state index contributed by atoms with van der Waals surface area (Å²) in [7, 11) is 0. The van der Waals surface area contributed by atoms with E-state index in [9.17, 15) is 9.59 Å². The van der Waals surface area contributed by atoms with Gasteiger partial charge in [-0.15, -0.1) is 0 Å². The van der Waals surface area contributed by atoms with Crippen molar-refractivity contribution in [1.82, 2.24) is 0 Å². The van der Waals surface area contributed by atoms with Crippen molar-refractivity contribution in [3.63, 3.8) is 0 Å². The van der Waals surface area contributed by atoms with Crippen LogP contribution in [0.5, 0.6) is 0 Å². The largest absolute Gasteiger partial charge is 0.463 e. The van der Waals surface area contributed by atoms with Crippen molar-refractivity contribution < 1.29 is 14.3 Å². The minimum absolute atomic E-state index is 0.0521. The molecule has 0 heterocycles. The first-order valence-electron chi connectivity index (χ1n) is 16.8. The molecule has 0 amide bonds. The number of hydrogen-bond donors (Lipinski definition) is 0. The third kappa shape index (κ3) is 4.19. The SMILES string of the molecule is CC(=O)O[C@H]1CC[C@]2(C)[C@H]3CC[C@]4(C)[C@@H]([C@H](C)C=C[C@H](C)C(C)C)CC[C@H]4[C@@]34C=C[C@]2(C=C4C(=O)c2ccccc2)C1. The molecule has 6 aliphatic rings. The average Bonchev–Trinajstić information content (AvgIpc) is 3.33. The van der Waals surface area contributed by atoms with Gasteiger partial charge in [-0.2, -0.15) is 0 Å². The monoisotopic (exact) mass is 568 g/mol. The van der Waals surface area contributed by atoms with Gasteiger partial charge in [-0.3, -0.25) is 9.59 Å². The van der Waals surface area contributed by atoms with Crippen LogP contribution < -0.4 is 0 Å². The molecule has 3 heteroatoms. The van der Waals surface area contributed by atoms with E-state index in [1.807, 2.05) is 30.3 Å². The van der Waals surface area contributed by atoms with Crippen molar-refractivity contribution in [2.24, 2.45) is 57.2 Å². The van der Waals surface area contributed by atoms with Gasteiger partial charge in [-0.05, 0) is 91.3 Å². The third-order valence-corrected chi connectivity index (χ3v) is 13.5. The van der Waals surface area contributed by atoms with E-state index < -0.39 is 0 Å². The van der Waals surface area contributed by atoms with Crippen LogP contribution in [-0.4, -0.2) is 17.9 Å². The second-order valence-corrected chi connectivity index (χ2v) is 15.6. The van der Waals surface area contributed by atoms with Gasteiger partial charge in [0, 0.05) is 28.9 Å². The van der Waals surface area contributed by atoms with Crippen LogP contribution in [0.2, 0.25) is 0 Å². The van der Waals surface area contributed by atoms with Gasteiger partial charge < -0.3 is 4.74 Å². The molecular formula is C39H52O3. The Labute approximate surface area is 254 Å². The number of Topliss-reactive ketones (excluding diaryl/α,β-unsaturated/α-hetero) is 1. The minimum atomic E-state index is -0.258. The number of ketones is 1. The van der Waals surface area contributed by atoms with Gasteiger partial charge in [0.1, 0.15) is 6.10 Å². The smallest absolute Gasteiger partial charge is 0.302 e. The van der Waals surface area contributed by atoms with E-state index in [2.05, 4.69) is 71.9 Å². The minimum Gasteiger partial charge on any atom is -0.463 e. The molecule has 3 nitrogen and oxygen atoms in total. The number of carbonyl (C=O) groups excluding carboxylic acids is 2. The Balaban J connectivity index is 1.44. The number of allylic oxidation sites excluding steroid dienone is 6. The molecule has 0 unspecified atom stereocenters. The number of carbonyl (C=O) groups is 2. The summed E-state index contributed by atoms with van der Waals surface area (Å²) >= 11 is 0. The highest BCUT2D eigenvalue weighted by Gasteiger charge is 2.72. The topological polar surface area (TPSA) is 43.4 Å². The maximum absolute atomic E-state index is 14.6. The van der Waals surface area contributed by atoms with E-state index in [1.54, 1.807) is 0 Å². The predicted octanol–water partition coefficient (Wildman–Crippen LogP) is 9.40. The molecule has 3 saturated carbocycles. The fraction of sp³-hybridized carbons (Fsp3) is 0.641. The Kier molecular flexibility index (Phi) is 7.30. The molecule has 10 atom stereocenters. The summed E-state index contributed by atoms with van der Waals surface area (Å²) in [6.07, 6.45) is 19.8. The van der Waals surface area contributed by atoms with Crippen LogP contribution in [0.1, 0.15) is 104 Å². The molecule has 0 radical (unpaired) electrons. The van der Waals surface area contributed by atoms with Gasteiger partial charge in [-0.25, -0.2) is 0 Å². The Morgan fingerprint density at radius 1 is 0.905 bits per heavy atom. The summed E-state index contributed by atoms with van der Waals surface area (Å²) < 4.78 is 5.83.